The van der Waals surface area contributed by atoms with Gasteiger partial charge in [-0.15, -0.1) is 0 Å². The van der Waals surface area contributed by atoms with Gasteiger partial charge in [-0.1, -0.05) is 60.7 Å². The number of rotatable bonds is 4. The Morgan fingerprint density at radius 1 is 0.923 bits per heavy atom. The Labute approximate surface area is 154 Å². The first-order valence-corrected chi connectivity index (χ1v) is 9.36. The molecule has 2 aromatic carbocycles. The lowest BCUT2D eigenvalue weighted by Gasteiger charge is -2.44. The summed E-state index contributed by atoms with van der Waals surface area (Å²) in [7, 11) is 0. The summed E-state index contributed by atoms with van der Waals surface area (Å²) in [6.45, 7) is 1.26. The van der Waals surface area contributed by atoms with Gasteiger partial charge in [-0.3, -0.25) is 9.59 Å². The minimum Gasteiger partial charge on any atom is -0.352 e. The topological polar surface area (TPSA) is 49.4 Å². The van der Waals surface area contributed by atoms with Gasteiger partial charge >= 0.3 is 0 Å². The summed E-state index contributed by atoms with van der Waals surface area (Å²) in [5.41, 5.74) is 2.30. The molecular formula is C22H24N2O2. The van der Waals surface area contributed by atoms with Gasteiger partial charge in [0, 0.05) is 37.4 Å². The zero-order chi connectivity index (χ0) is 18.0. The first-order chi connectivity index (χ1) is 12.7. The molecule has 0 unspecified atom stereocenters. The van der Waals surface area contributed by atoms with E-state index < -0.39 is 0 Å². The highest BCUT2D eigenvalue weighted by molar-refractivity contribution is 5.80. The molecule has 0 saturated carbocycles. The molecule has 4 rings (SSSR count). The number of nitrogens with zero attached hydrogens (tertiary/aromatic N) is 1. The van der Waals surface area contributed by atoms with Gasteiger partial charge in [0.2, 0.25) is 11.8 Å². The summed E-state index contributed by atoms with van der Waals surface area (Å²) in [6.07, 6.45) is 2.72. The number of amides is 2. The average molecular weight is 348 g/mol. The molecule has 0 bridgehead atoms. The van der Waals surface area contributed by atoms with Crippen molar-refractivity contribution in [1.29, 1.82) is 0 Å². The monoisotopic (exact) mass is 348 g/mol. The molecule has 1 N–H and O–H groups in total. The molecule has 0 spiro atoms. The van der Waals surface area contributed by atoms with Crippen molar-refractivity contribution in [3.63, 3.8) is 0 Å². The molecule has 0 aromatic heterocycles. The van der Waals surface area contributed by atoms with Crippen LogP contribution in [-0.4, -0.2) is 35.8 Å². The zero-order valence-corrected chi connectivity index (χ0v) is 14.9. The van der Waals surface area contributed by atoms with E-state index in [4.69, 9.17) is 0 Å². The number of hydrogen-bond donors (Lipinski definition) is 1. The van der Waals surface area contributed by atoms with E-state index in [9.17, 15) is 9.59 Å². The molecule has 2 fully saturated rings. The van der Waals surface area contributed by atoms with E-state index in [0.29, 0.717) is 25.9 Å². The minimum atomic E-state index is -0.195. The van der Waals surface area contributed by atoms with Crippen LogP contribution in [0.5, 0.6) is 0 Å². The molecular weight excluding hydrogens is 324 g/mol. The van der Waals surface area contributed by atoms with Gasteiger partial charge in [0.25, 0.3) is 0 Å². The van der Waals surface area contributed by atoms with Crippen molar-refractivity contribution in [3.8, 4) is 0 Å². The van der Waals surface area contributed by atoms with Crippen molar-refractivity contribution in [1.82, 2.24) is 10.2 Å². The first-order valence-electron chi connectivity index (χ1n) is 9.36. The normalized spacial score (nSPS) is 22.3. The van der Waals surface area contributed by atoms with Crippen molar-refractivity contribution < 1.29 is 9.59 Å². The maximum Gasteiger partial charge on any atom is 0.222 e. The second-order valence-corrected chi connectivity index (χ2v) is 7.39. The van der Waals surface area contributed by atoms with Crippen molar-refractivity contribution in [2.75, 3.05) is 13.1 Å². The van der Waals surface area contributed by atoms with Crippen LogP contribution in [0.2, 0.25) is 0 Å². The van der Waals surface area contributed by atoms with Crippen LogP contribution in [0.4, 0.5) is 0 Å². The predicted octanol–water partition coefficient (Wildman–Crippen LogP) is 2.87. The molecule has 2 aliphatic heterocycles. The van der Waals surface area contributed by atoms with E-state index in [1.807, 2.05) is 17.0 Å². The van der Waals surface area contributed by atoms with E-state index >= 15 is 0 Å². The smallest absolute Gasteiger partial charge is 0.222 e. The summed E-state index contributed by atoms with van der Waals surface area (Å²) < 4.78 is 0. The summed E-state index contributed by atoms with van der Waals surface area (Å²) in [6, 6.07) is 21.1. The third kappa shape index (κ3) is 3.12. The van der Waals surface area contributed by atoms with Crippen LogP contribution in [-0.2, 0) is 15.0 Å². The highest BCUT2D eigenvalue weighted by atomic mass is 16.2. The van der Waals surface area contributed by atoms with Crippen molar-refractivity contribution in [2.45, 2.75) is 37.1 Å². The Morgan fingerprint density at radius 3 is 2.08 bits per heavy atom. The van der Waals surface area contributed by atoms with Gasteiger partial charge in [0.15, 0.2) is 0 Å². The van der Waals surface area contributed by atoms with Crippen LogP contribution in [0.15, 0.2) is 60.7 Å². The number of nitrogens with one attached hydrogen (secondary N) is 1. The van der Waals surface area contributed by atoms with E-state index in [1.54, 1.807) is 0 Å². The summed E-state index contributed by atoms with van der Waals surface area (Å²) in [5.74, 6) is 0.283. The summed E-state index contributed by atoms with van der Waals surface area (Å²) >= 11 is 0. The van der Waals surface area contributed by atoms with E-state index in [1.165, 1.54) is 11.1 Å². The standard InChI is InChI=1S/C22H24N2O2/c25-20-12-11-19(23-20)15-24-16-22(14-13-21(24)26,17-7-3-1-4-8-17)18-9-5-2-6-10-18/h1-10,19H,11-16H2,(H,23,25)/t19-/m0/s1. The highest BCUT2D eigenvalue weighted by Gasteiger charge is 2.42. The van der Waals surface area contributed by atoms with Gasteiger partial charge in [-0.05, 0) is 24.0 Å². The molecule has 134 valence electrons. The second-order valence-electron chi connectivity index (χ2n) is 7.39. The molecule has 2 aliphatic rings. The van der Waals surface area contributed by atoms with Crippen LogP contribution in [0, 0.1) is 0 Å². The molecule has 2 saturated heterocycles. The summed E-state index contributed by atoms with van der Waals surface area (Å²) in [5, 5.41) is 3.00. The fourth-order valence-corrected chi connectivity index (χ4v) is 4.37. The fourth-order valence-electron chi connectivity index (χ4n) is 4.37. The Morgan fingerprint density at radius 2 is 1.54 bits per heavy atom. The number of benzene rings is 2. The SMILES string of the molecule is O=C1CC[C@@H](CN2CC(c3ccccc3)(c3ccccc3)CCC2=O)N1. The third-order valence-electron chi connectivity index (χ3n) is 5.76. The molecule has 4 heteroatoms. The van der Waals surface area contributed by atoms with Crippen LogP contribution in [0.25, 0.3) is 0 Å². The van der Waals surface area contributed by atoms with Gasteiger partial charge in [0.05, 0.1) is 0 Å². The minimum absolute atomic E-state index is 0.0776. The molecule has 1 atom stereocenters. The quantitative estimate of drug-likeness (QED) is 0.924. The maximum absolute atomic E-state index is 12.6. The van der Waals surface area contributed by atoms with E-state index in [0.717, 1.165) is 12.8 Å². The molecule has 0 radical (unpaired) electrons. The lowest BCUT2D eigenvalue weighted by atomic mass is 9.69. The lowest BCUT2D eigenvalue weighted by Crippen LogP contribution is -2.52. The van der Waals surface area contributed by atoms with E-state index in [2.05, 4.69) is 53.8 Å². The van der Waals surface area contributed by atoms with Crippen molar-refractivity contribution in [3.05, 3.63) is 71.8 Å². The Kier molecular flexibility index (Phi) is 4.49. The zero-order valence-electron chi connectivity index (χ0n) is 14.9. The van der Waals surface area contributed by atoms with Gasteiger partial charge in [0.1, 0.15) is 0 Å². The highest BCUT2D eigenvalue weighted by Crippen LogP contribution is 2.40. The van der Waals surface area contributed by atoms with Gasteiger partial charge in [-0.25, -0.2) is 0 Å². The average Bonchev–Trinajstić information content (AvgIpc) is 3.10. The van der Waals surface area contributed by atoms with Crippen LogP contribution in [0.1, 0.15) is 36.8 Å². The predicted molar refractivity (Wildman–Crippen MR) is 101 cm³/mol. The number of likely N-dealkylation sites (tertiary alicyclic amines) is 1. The van der Waals surface area contributed by atoms with Gasteiger partial charge in [-0.2, -0.15) is 0 Å². The fraction of sp³-hybridized carbons (Fsp3) is 0.364. The molecule has 26 heavy (non-hydrogen) atoms. The van der Waals surface area contributed by atoms with Gasteiger partial charge < -0.3 is 10.2 Å². The van der Waals surface area contributed by atoms with Crippen LogP contribution < -0.4 is 5.32 Å². The van der Waals surface area contributed by atoms with Crippen molar-refractivity contribution >= 4 is 11.8 Å². The third-order valence-corrected chi connectivity index (χ3v) is 5.76. The van der Waals surface area contributed by atoms with E-state index in [-0.39, 0.29) is 23.3 Å². The van der Waals surface area contributed by atoms with Crippen molar-refractivity contribution in [2.24, 2.45) is 0 Å². The molecule has 2 amide bonds. The largest absolute Gasteiger partial charge is 0.352 e. The molecule has 2 heterocycles. The molecule has 0 aliphatic carbocycles. The number of carbonyl (C=O) groups is 2. The Bertz CT molecular complexity index is 749. The number of piperidine rings is 1. The first kappa shape index (κ1) is 16.8. The Hall–Kier alpha value is -2.62. The number of hydrogen-bond acceptors (Lipinski definition) is 2. The summed E-state index contributed by atoms with van der Waals surface area (Å²) in [4.78, 5) is 26.1. The van der Waals surface area contributed by atoms with Crippen LogP contribution >= 0.6 is 0 Å². The van der Waals surface area contributed by atoms with Crippen LogP contribution in [0.3, 0.4) is 0 Å². The lowest BCUT2D eigenvalue weighted by molar-refractivity contribution is -0.135. The number of carbonyl (C=O) groups excluding carboxylic acids is 2. The second kappa shape index (κ2) is 6.94. The molecule has 4 nitrogen and oxygen atoms in total. The molecule has 2 aromatic rings. The Balaban J connectivity index is 1.67. The maximum atomic E-state index is 12.6.